The van der Waals surface area contributed by atoms with Gasteiger partial charge in [-0.25, -0.2) is 4.79 Å². The standard InChI is InChI=1S/C18H23N3O3/c1-5-8-20-11(2)9-14(12(20)3)15(22)10-21-16(23)18(4,13-6-7-13)19-17(21)24/h5,9,13H,1,6-8,10H2,2-4H3,(H,19,24)/t18-/m1/s1. The van der Waals surface area contributed by atoms with Crippen LogP contribution in [0, 0.1) is 19.8 Å². The highest BCUT2D eigenvalue weighted by Gasteiger charge is 2.56. The number of urea groups is 1. The number of nitrogens with one attached hydrogen (secondary N) is 1. The maximum atomic E-state index is 12.7. The summed E-state index contributed by atoms with van der Waals surface area (Å²) in [5.74, 6) is -0.322. The van der Waals surface area contributed by atoms with Gasteiger partial charge in [0, 0.05) is 23.5 Å². The van der Waals surface area contributed by atoms with Crippen molar-refractivity contribution in [2.75, 3.05) is 6.54 Å². The first-order valence-corrected chi connectivity index (χ1v) is 8.24. The van der Waals surface area contributed by atoms with Crippen LogP contribution >= 0.6 is 0 Å². The fourth-order valence-electron chi connectivity index (χ4n) is 3.52. The van der Waals surface area contributed by atoms with Crippen molar-refractivity contribution in [3.05, 3.63) is 35.7 Å². The van der Waals surface area contributed by atoms with Crippen molar-refractivity contribution in [3.8, 4) is 0 Å². The van der Waals surface area contributed by atoms with Crippen molar-refractivity contribution in [2.24, 2.45) is 5.92 Å². The number of carbonyl (C=O) groups is 3. The summed E-state index contributed by atoms with van der Waals surface area (Å²) in [6.45, 7) is 9.67. The second kappa shape index (κ2) is 5.61. The number of amides is 3. The first kappa shape index (κ1) is 16.5. The van der Waals surface area contributed by atoms with Crippen LogP contribution in [0.25, 0.3) is 0 Å². The Balaban J connectivity index is 1.80. The van der Waals surface area contributed by atoms with Gasteiger partial charge >= 0.3 is 6.03 Å². The van der Waals surface area contributed by atoms with Crippen LogP contribution in [0.4, 0.5) is 4.79 Å². The van der Waals surface area contributed by atoms with Crippen LogP contribution in [0.1, 0.15) is 41.5 Å². The predicted molar refractivity (Wildman–Crippen MR) is 89.8 cm³/mol. The zero-order valence-corrected chi connectivity index (χ0v) is 14.4. The van der Waals surface area contributed by atoms with Gasteiger partial charge in [-0.1, -0.05) is 6.08 Å². The number of ketones is 1. The van der Waals surface area contributed by atoms with E-state index >= 15 is 0 Å². The summed E-state index contributed by atoms with van der Waals surface area (Å²) >= 11 is 0. The van der Waals surface area contributed by atoms with Gasteiger partial charge in [-0.2, -0.15) is 0 Å². The van der Waals surface area contributed by atoms with E-state index in [4.69, 9.17) is 0 Å². The highest BCUT2D eigenvalue weighted by atomic mass is 16.2. The first-order valence-electron chi connectivity index (χ1n) is 8.24. The Labute approximate surface area is 141 Å². The molecule has 0 bridgehead atoms. The summed E-state index contributed by atoms with van der Waals surface area (Å²) in [5.41, 5.74) is 1.48. The molecule has 1 aliphatic heterocycles. The van der Waals surface area contributed by atoms with Crippen molar-refractivity contribution in [1.29, 1.82) is 0 Å². The molecule has 0 spiro atoms. The van der Waals surface area contributed by atoms with Crippen molar-refractivity contribution < 1.29 is 14.4 Å². The number of nitrogens with zero attached hydrogens (tertiary/aromatic N) is 2. The SMILES string of the molecule is C=CCn1c(C)cc(C(=O)CN2C(=O)N[C@](C)(C3CC3)C2=O)c1C. The van der Waals surface area contributed by atoms with Crippen molar-refractivity contribution >= 4 is 17.7 Å². The summed E-state index contributed by atoms with van der Waals surface area (Å²) < 4.78 is 1.99. The van der Waals surface area contributed by atoms with E-state index in [1.807, 2.05) is 18.4 Å². The van der Waals surface area contributed by atoms with Gasteiger partial charge in [0.05, 0.1) is 6.54 Å². The fourth-order valence-corrected chi connectivity index (χ4v) is 3.52. The summed E-state index contributed by atoms with van der Waals surface area (Å²) in [4.78, 5) is 38.5. The molecule has 1 atom stereocenters. The molecule has 6 nitrogen and oxygen atoms in total. The van der Waals surface area contributed by atoms with E-state index in [1.54, 1.807) is 19.1 Å². The maximum Gasteiger partial charge on any atom is 0.325 e. The molecule has 2 heterocycles. The number of hydrogen-bond donors (Lipinski definition) is 1. The van der Waals surface area contributed by atoms with Crippen LogP contribution < -0.4 is 5.32 Å². The molecular formula is C18H23N3O3. The van der Waals surface area contributed by atoms with Gasteiger partial charge in [-0.15, -0.1) is 6.58 Å². The van der Waals surface area contributed by atoms with Crippen LogP contribution in [-0.4, -0.2) is 39.3 Å². The van der Waals surface area contributed by atoms with Crippen LogP contribution in [0.15, 0.2) is 18.7 Å². The minimum absolute atomic E-state index is 0.187. The van der Waals surface area contributed by atoms with Crippen molar-refractivity contribution in [3.63, 3.8) is 0 Å². The molecule has 1 saturated heterocycles. The third kappa shape index (κ3) is 2.46. The van der Waals surface area contributed by atoms with Crippen LogP contribution in [0.2, 0.25) is 0 Å². The van der Waals surface area contributed by atoms with E-state index in [0.29, 0.717) is 12.1 Å². The van der Waals surface area contributed by atoms with Gasteiger partial charge in [0.15, 0.2) is 5.78 Å². The Hall–Kier alpha value is -2.37. The molecule has 3 amide bonds. The lowest BCUT2D eigenvalue weighted by Gasteiger charge is -2.20. The van der Waals surface area contributed by atoms with E-state index in [-0.39, 0.29) is 24.2 Å². The van der Waals surface area contributed by atoms with Gasteiger partial charge in [0.25, 0.3) is 5.91 Å². The Bertz CT molecular complexity index is 745. The number of rotatable bonds is 6. The van der Waals surface area contributed by atoms with Gasteiger partial charge in [0.1, 0.15) is 5.54 Å². The topological polar surface area (TPSA) is 71.4 Å². The number of aryl methyl sites for hydroxylation is 1. The molecule has 0 aromatic carbocycles. The molecule has 1 aliphatic carbocycles. The van der Waals surface area contributed by atoms with Crippen molar-refractivity contribution in [2.45, 2.75) is 45.7 Å². The zero-order chi connectivity index (χ0) is 17.6. The normalized spacial score (nSPS) is 23.5. The average Bonchev–Trinajstić information content (AvgIpc) is 3.31. The lowest BCUT2D eigenvalue weighted by atomic mass is 9.96. The first-order chi connectivity index (χ1) is 11.3. The summed E-state index contributed by atoms with van der Waals surface area (Å²) in [6, 6.07) is 1.34. The molecule has 1 aromatic rings. The van der Waals surface area contributed by atoms with Crippen LogP contribution in [0.3, 0.4) is 0 Å². The van der Waals surface area contributed by atoms with E-state index in [1.165, 1.54) is 0 Å². The molecule has 1 aromatic heterocycles. The minimum atomic E-state index is -0.850. The molecule has 0 unspecified atom stereocenters. The number of Topliss-reactive ketones (excluding diaryl/α,β-unsaturated/α-hetero) is 1. The highest BCUT2D eigenvalue weighted by molar-refractivity contribution is 6.11. The zero-order valence-electron chi connectivity index (χ0n) is 14.4. The lowest BCUT2D eigenvalue weighted by Crippen LogP contribution is -2.46. The number of aromatic nitrogens is 1. The largest absolute Gasteiger partial charge is 0.345 e. The number of allylic oxidation sites excluding steroid dienone is 1. The molecule has 2 fully saturated rings. The minimum Gasteiger partial charge on any atom is -0.345 e. The van der Waals surface area contributed by atoms with Crippen LogP contribution in [-0.2, 0) is 11.3 Å². The van der Waals surface area contributed by atoms with E-state index in [0.717, 1.165) is 29.1 Å². The monoisotopic (exact) mass is 329 g/mol. The molecule has 3 rings (SSSR count). The molecule has 2 aliphatic rings. The quantitative estimate of drug-likeness (QED) is 0.494. The molecule has 0 radical (unpaired) electrons. The van der Waals surface area contributed by atoms with Gasteiger partial charge < -0.3 is 9.88 Å². The summed E-state index contributed by atoms with van der Waals surface area (Å²) in [5, 5.41) is 2.77. The lowest BCUT2D eigenvalue weighted by molar-refractivity contribution is -0.131. The number of hydrogen-bond acceptors (Lipinski definition) is 3. The second-order valence-corrected chi connectivity index (χ2v) is 6.91. The van der Waals surface area contributed by atoms with Gasteiger partial charge in [-0.3, -0.25) is 14.5 Å². The number of carbonyl (C=O) groups excluding carboxylic acids is 3. The van der Waals surface area contributed by atoms with E-state index in [2.05, 4.69) is 11.9 Å². The predicted octanol–water partition coefficient (Wildman–Crippen LogP) is 2.19. The third-order valence-corrected chi connectivity index (χ3v) is 5.18. The molecule has 1 saturated carbocycles. The third-order valence-electron chi connectivity index (χ3n) is 5.18. The van der Waals surface area contributed by atoms with Gasteiger partial charge in [0.2, 0.25) is 0 Å². The summed E-state index contributed by atoms with van der Waals surface area (Å²) in [6.07, 6.45) is 3.65. The molecule has 24 heavy (non-hydrogen) atoms. The highest BCUT2D eigenvalue weighted by Crippen LogP contribution is 2.42. The molecule has 1 N–H and O–H groups in total. The van der Waals surface area contributed by atoms with Gasteiger partial charge in [-0.05, 0) is 45.6 Å². The Morgan fingerprint density at radius 2 is 2.08 bits per heavy atom. The van der Waals surface area contributed by atoms with E-state index < -0.39 is 11.6 Å². The fraction of sp³-hybridized carbons (Fsp3) is 0.500. The van der Waals surface area contributed by atoms with Crippen LogP contribution in [0.5, 0.6) is 0 Å². The molecule has 128 valence electrons. The Morgan fingerprint density at radius 3 is 2.67 bits per heavy atom. The van der Waals surface area contributed by atoms with E-state index in [9.17, 15) is 14.4 Å². The smallest absolute Gasteiger partial charge is 0.325 e. The molecule has 6 heteroatoms. The Kier molecular flexibility index (Phi) is 3.86. The average molecular weight is 329 g/mol. The summed E-state index contributed by atoms with van der Waals surface area (Å²) in [7, 11) is 0. The van der Waals surface area contributed by atoms with Crippen molar-refractivity contribution in [1.82, 2.24) is 14.8 Å². The second-order valence-electron chi connectivity index (χ2n) is 6.91. The molecular weight excluding hydrogens is 306 g/mol. The number of imide groups is 1. The Morgan fingerprint density at radius 1 is 1.42 bits per heavy atom. The maximum absolute atomic E-state index is 12.7.